The molecule has 142 valence electrons. The molecule has 0 amide bonds. The normalized spacial score (nSPS) is 14.0. The molecular formula is C19H20ClFN4O2. The van der Waals surface area contributed by atoms with Gasteiger partial charge < -0.3 is 20.2 Å². The van der Waals surface area contributed by atoms with E-state index < -0.39 is 11.8 Å². The van der Waals surface area contributed by atoms with Crippen molar-refractivity contribution in [2.24, 2.45) is 0 Å². The summed E-state index contributed by atoms with van der Waals surface area (Å²) < 4.78 is 14.1. The molecule has 0 radical (unpaired) electrons. The molecule has 1 aromatic heterocycles. The minimum atomic E-state index is -1.03. The molecule has 6 nitrogen and oxygen atoms in total. The number of aromatic carboxylic acids is 1. The number of rotatable bonds is 6. The molecule has 0 spiro atoms. The summed E-state index contributed by atoms with van der Waals surface area (Å²) in [5.74, 6) is -1.53. The van der Waals surface area contributed by atoms with Crippen LogP contribution in [-0.2, 0) is 0 Å². The van der Waals surface area contributed by atoms with Gasteiger partial charge in [-0.25, -0.2) is 9.18 Å². The Kier molecular flexibility index (Phi) is 5.62. The predicted molar refractivity (Wildman–Crippen MR) is 103 cm³/mol. The Morgan fingerprint density at radius 1 is 1.37 bits per heavy atom. The fourth-order valence-corrected chi connectivity index (χ4v) is 3.01. The predicted octanol–water partition coefficient (Wildman–Crippen LogP) is 2.82. The lowest BCUT2D eigenvalue weighted by atomic mass is 10.1. The molecule has 8 heteroatoms. The van der Waals surface area contributed by atoms with Gasteiger partial charge in [-0.1, -0.05) is 17.7 Å². The van der Waals surface area contributed by atoms with Gasteiger partial charge in [0.1, 0.15) is 5.82 Å². The van der Waals surface area contributed by atoms with Crippen molar-refractivity contribution in [1.82, 2.24) is 20.1 Å². The first-order valence-corrected chi connectivity index (χ1v) is 8.77. The van der Waals surface area contributed by atoms with Crippen LogP contribution in [-0.4, -0.2) is 59.7 Å². The van der Waals surface area contributed by atoms with E-state index in [0.717, 1.165) is 12.2 Å². The number of aromatic nitrogens is 1. The number of benzene rings is 1. The van der Waals surface area contributed by atoms with Gasteiger partial charge in [0.25, 0.3) is 0 Å². The summed E-state index contributed by atoms with van der Waals surface area (Å²) in [7, 11) is 3.96. The number of halogens is 2. The SMILES string of the molecule is CN(C)CCN1CNC(c2cc(C(=O)O)ccn2)=C1c1ccc(Cl)c(F)c1. The van der Waals surface area contributed by atoms with Crippen LogP contribution in [0.5, 0.6) is 0 Å². The van der Waals surface area contributed by atoms with Crippen LogP contribution in [0.3, 0.4) is 0 Å². The van der Waals surface area contributed by atoms with Crippen molar-refractivity contribution in [2.75, 3.05) is 33.9 Å². The Hall–Kier alpha value is -2.64. The molecule has 0 saturated carbocycles. The van der Waals surface area contributed by atoms with E-state index in [2.05, 4.69) is 20.1 Å². The molecule has 0 saturated heterocycles. The van der Waals surface area contributed by atoms with Gasteiger partial charge in [-0.05, 0) is 38.4 Å². The van der Waals surface area contributed by atoms with Gasteiger partial charge in [0.15, 0.2) is 0 Å². The molecule has 27 heavy (non-hydrogen) atoms. The largest absolute Gasteiger partial charge is 0.478 e. The maximum atomic E-state index is 14.1. The van der Waals surface area contributed by atoms with Gasteiger partial charge >= 0.3 is 5.97 Å². The second-order valence-electron chi connectivity index (χ2n) is 6.49. The lowest BCUT2D eigenvalue weighted by Crippen LogP contribution is -2.31. The monoisotopic (exact) mass is 390 g/mol. The highest BCUT2D eigenvalue weighted by molar-refractivity contribution is 6.30. The van der Waals surface area contributed by atoms with E-state index in [9.17, 15) is 14.3 Å². The van der Waals surface area contributed by atoms with Crippen molar-refractivity contribution in [2.45, 2.75) is 0 Å². The van der Waals surface area contributed by atoms with Gasteiger partial charge in [0, 0.05) is 24.8 Å². The van der Waals surface area contributed by atoms with E-state index in [1.54, 1.807) is 6.07 Å². The number of nitrogens with one attached hydrogen (secondary N) is 1. The zero-order chi connectivity index (χ0) is 19.6. The quantitative estimate of drug-likeness (QED) is 0.790. The van der Waals surface area contributed by atoms with Crippen molar-refractivity contribution < 1.29 is 14.3 Å². The van der Waals surface area contributed by atoms with Gasteiger partial charge in [0.05, 0.1) is 34.3 Å². The number of carboxylic acid groups (broad SMARTS) is 1. The molecule has 2 aromatic rings. The third-order valence-electron chi connectivity index (χ3n) is 4.27. The van der Waals surface area contributed by atoms with Gasteiger partial charge in [-0.3, -0.25) is 4.98 Å². The second kappa shape index (κ2) is 7.94. The van der Waals surface area contributed by atoms with E-state index in [0.29, 0.717) is 30.2 Å². The molecule has 0 aliphatic carbocycles. The lowest BCUT2D eigenvalue weighted by Gasteiger charge is -2.23. The fraction of sp³-hybridized carbons (Fsp3) is 0.263. The van der Waals surface area contributed by atoms with Crippen LogP contribution >= 0.6 is 11.6 Å². The van der Waals surface area contributed by atoms with Crippen molar-refractivity contribution in [3.8, 4) is 0 Å². The van der Waals surface area contributed by atoms with E-state index in [1.165, 1.54) is 30.5 Å². The molecule has 0 bridgehead atoms. The average molecular weight is 391 g/mol. The fourth-order valence-electron chi connectivity index (χ4n) is 2.89. The van der Waals surface area contributed by atoms with Crippen molar-refractivity contribution in [3.63, 3.8) is 0 Å². The van der Waals surface area contributed by atoms with Crippen LogP contribution in [0.4, 0.5) is 4.39 Å². The number of pyridine rings is 1. The topological polar surface area (TPSA) is 68.7 Å². The van der Waals surface area contributed by atoms with E-state index in [4.69, 9.17) is 11.6 Å². The van der Waals surface area contributed by atoms with Gasteiger partial charge in [-0.15, -0.1) is 0 Å². The van der Waals surface area contributed by atoms with E-state index in [-0.39, 0.29) is 10.6 Å². The standard InChI is InChI=1S/C19H20ClFN4O2/c1-24(2)7-8-25-11-23-17(16-10-13(19(26)27)5-6-22-16)18(25)12-3-4-14(20)15(21)9-12/h3-6,9-10,23H,7-8,11H2,1-2H3,(H,26,27). The second-order valence-corrected chi connectivity index (χ2v) is 6.90. The molecule has 1 aromatic carbocycles. The molecule has 0 fully saturated rings. The maximum absolute atomic E-state index is 14.1. The summed E-state index contributed by atoms with van der Waals surface area (Å²) in [5, 5.41) is 12.6. The molecule has 2 N–H and O–H groups in total. The molecule has 1 aliphatic heterocycles. The number of nitrogens with zero attached hydrogens (tertiary/aromatic N) is 3. The Labute approximate surface area is 161 Å². The molecule has 0 atom stereocenters. The van der Waals surface area contributed by atoms with Crippen molar-refractivity contribution in [3.05, 3.63) is 64.2 Å². The minimum Gasteiger partial charge on any atom is -0.478 e. The zero-order valence-electron chi connectivity index (χ0n) is 15.0. The first-order chi connectivity index (χ1) is 12.9. The molecule has 0 unspecified atom stereocenters. The van der Waals surface area contributed by atoms with Crippen molar-refractivity contribution >= 4 is 29.0 Å². The zero-order valence-corrected chi connectivity index (χ0v) is 15.8. The van der Waals surface area contributed by atoms with Gasteiger partial charge in [0.2, 0.25) is 0 Å². The molecule has 2 heterocycles. The summed E-state index contributed by atoms with van der Waals surface area (Å²) in [6, 6.07) is 7.59. The smallest absolute Gasteiger partial charge is 0.335 e. The highest BCUT2D eigenvalue weighted by atomic mass is 35.5. The first-order valence-electron chi connectivity index (χ1n) is 8.40. The van der Waals surface area contributed by atoms with Crippen LogP contribution in [0.25, 0.3) is 11.4 Å². The average Bonchev–Trinajstić information content (AvgIpc) is 3.06. The highest BCUT2D eigenvalue weighted by Gasteiger charge is 2.26. The third-order valence-corrected chi connectivity index (χ3v) is 4.58. The van der Waals surface area contributed by atoms with Crippen LogP contribution in [0.1, 0.15) is 21.6 Å². The molecule has 3 rings (SSSR count). The summed E-state index contributed by atoms with van der Waals surface area (Å²) in [5.41, 5.74) is 2.72. The van der Waals surface area contributed by atoms with Crippen LogP contribution in [0.2, 0.25) is 5.02 Å². The number of hydrogen-bond acceptors (Lipinski definition) is 5. The van der Waals surface area contributed by atoms with Crippen LogP contribution in [0.15, 0.2) is 36.5 Å². The molecular weight excluding hydrogens is 371 g/mol. The number of carbonyl (C=O) groups is 1. The third kappa shape index (κ3) is 4.20. The van der Waals surface area contributed by atoms with Gasteiger partial charge in [-0.2, -0.15) is 0 Å². The highest BCUT2D eigenvalue weighted by Crippen LogP contribution is 2.32. The summed E-state index contributed by atoms with van der Waals surface area (Å²) in [6.45, 7) is 2.03. The first kappa shape index (κ1) is 19.1. The summed E-state index contributed by atoms with van der Waals surface area (Å²) in [6.07, 6.45) is 1.45. The Morgan fingerprint density at radius 3 is 2.81 bits per heavy atom. The summed E-state index contributed by atoms with van der Waals surface area (Å²) >= 11 is 5.83. The van der Waals surface area contributed by atoms with E-state index in [1.807, 2.05) is 14.1 Å². The number of carboxylic acids is 1. The lowest BCUT2D eigenvalue weighted by molar-refractivity contribution is 0.0696. The Balaban J connectivity index is 2.09. The summed E-state index contributed by atoms with van der Waals surface area (Å²) in [4.78, 5) is 19.7. The Bertz CT molecular complexity index is 901. The van der Waals surface area contributed by atoms with Crippen LogP contribution in [0, 0.1) is 5.82 Å². The molecule has 1 aliphatic rings. The Morgan fingerprint density at radius 2 is 2.15 bits per heavy atom. The number of likely N-dealkylation sites (N-methyl/N-ethyl adjacent to an activating group) is 1. The van der Waals surface area contributed by atoms with Crippen LogP contribution < -0.4 is 5.32 Å². The van der Waals surface area contributed by atoms with E-state index >= 15 is 0 Å². The minimum absolute atomic E-state index is 0.0534. The maximum Gasteiger partial charge on any atom is 0.335 e. The number of hydrogen-bond donors (Lipinski definition) is 2. The van der Waals surface area contributed by atoms with Crippen molar-refractivity contribution in [1.29, 1.82) is 0 Å².